The summed E-state index contributed by atoms with van der Waals surface area (Å²) in [6.07, 6.45) is 2.85. The first-order chi connectivity index (χ1) is 16.7. The third kappa shape index (κ3) is 4.74. The number of pyridine rings is 1. The third-order valence-electron chi connectivity index (χ3n) is 5.62. The van der Waals surface area contributed by atoms with Crippen LogP contribution in [0.15, 0.2) is 77.0 Å². The summed E-state index contributed by atoms with van der Waals surface area (Å²) in [5.41, 5.74) is 2.61. The van der Waals surface area contributed by atoms with Crippen LogP contribution in [0.4, 0.5) is 5.69 Å². The van der Waals surface area contributed by atoms with Gasteiger partial charge in [0.15, 0.2) is 0 Å². The molecule has 178 valence electrons. The highest BCUT2D eigenvalue weighted by atomic mass is 79.9. The summed E-state index contributed by atoms with van der Waals surface area (Å²) in [6, 6.07) is 14.0. The minimum atomic E-state index is -0.879. The Morgan fingerprint density at radius 1 is 1.03 bits per heavy atom. The van der Waals surface area contributed by atoms with Crippen molar-refractivity contribution < 1.29 is 24.2 Å². The number of esters is 1. The molecule has 0 aliphatic carbocycles. The van der Waals surface area contributed by atoms with Crippen LogP contribution in [0.2, 0.25) is 0 Å². The lowest BCUT2D eigenvalue weighted by Crippen LogP contribution is -2.29. The molecule has 3 aromatic rings. The molecule has 1 aliphatic heterocycles. The Bertz CT molecular complexity index is 1330. The molecule has 2 aromatic carbocycles. The zero-order valence-corrected chi connectivity index (χ0v) is 20.9. The molecule has 2 heterocycles. The number of aromatic nitrogens is 1. The van der Waals surface area contributed by atoms with Crippen molar-refractivity contribution in [1.82, 2.24) is 4.98 Å². The number of Topliss-reactive ketones (excluding diaryl/α,β-unsaturated/α-hetero) is 1. The Hall–Kier alpha value is -3.78. The molecule has 4 rings (SSSR count). The van der Waals surface area contributed by atoms with Gasteiger partial charge in [-0.25, -0.2) is 4.79 Å². The van der Waals surface area contributed by atoms with Crippen LogP contribution in [0.3, 0.4) is 0 Å². The topological polar surface area (TPSA) is 96.8 Å². The van der Waals surface area contributed by atoms with Gasteiger partial charge < -0.3 is 9.84 Å². The van der Waals surface area contributed by atoms with Crippen LogP contribution < -0.4 is 4.90 Å². The molecule has 0 saturated carbocycles. The van der Waals surface area contributed by atoms with Crippen molar-refractivity contribution in [3.05, 3.63) is 99.3 Å². The number of ketones is 1. The summed E-state index contributed by atoms with van der Waals surface area (Å²) in [6.45, 7) is 5.38. The van der Waals surface area contributed by atoms with E-state index < -0.39 is 23.7 Å². The Balaban J connectivity index is 1.83. The van der Waals surface area contributed by atoms with Gasteiger partial charge in [0.1, 0.15) is 5.76 Å². The lowest BCUT2D eigenvalue weighted by atomic mass is 9.95. The van der Waals surface area contributed by atoms with Crippen LogP contribution in [0.25, 0.3) is 5.76 Å². The number of aryl methyl sites for hydroxylation is 1. The van der Waals surface area contributed by atoms with Crippen molar-refractivity contribution in [2.45, 2.75) is 32.9 Å². The normalized spacial score (nSPS) is 17.2. The van der Waals surface area contributed by atoms with Crippen LogP contribution in [0, 0.1) is 6.92 Å². The van der Waals surface area contributed by atoms with E-state index in [4.69, 9.17) is 4.74 Å². The lowest BCUT2D eigenvalue weighted by molar-refractivity contribution is -0.132. The van der Waals surface area contributed by atoms with Crippen LogP contribution in [-0.2, 0) is 14.3 Å². The van der Waals surface area contributed by atoms with Gasteiger partial charge in [0, 0.05) is 28.1 Å². The number of ether oxygens (including phenoxy) is 1. The van der Waals surface area contributed by atoms with Crippen molar-refractivity contribution in [2.75, 3.05) is 4.90 Å². The zero-order valence-electron chi connectivity index (χ0n) is 19.4. The molecule has 1 N–H and O–H groups in total. The van der Waals surface area contributed by atoms with E-state index in [2.05, 4.69) is 20.9 Å². The molecule has 1 atom stereocenters. The number of halogens is 1. The Labute approximate surface area is 211 Å². The molecule has 1 amide bonds. The largest absolute Gasteiger partial charge is 0.507 e. The number of aliphatic hydroxyl groups excluding tert-OH is 1. The fourth-order valence-electron chi connectivity index (χ4n) is 3.95. The molecule has 1 aliphatic rings. The predicted octanol–water partition coefficient (Wildman–Crippen LogP) is 5.34. The quantitative estimate of drug-likeness (QED) is 0.205. The van der Waals surface area contributed by atoms with Crippen molar-refractivity contribution >= 4 is 45.0 Å². The Morgan fingerprint density at radius 2 is 1.66 bits per heavy atom. The van der Waals surface area contributed by atoms with Gasteiger partial charge in [-0.15, -0.1) is 0 Å². The van der Waals surface area contributed by atoms with E-state index in [1.807, 2.05) is 6.92 Å². The van der Waals surface area contributed by atoms with E-state index in [0.29, 0.717) is 22.4 Å². The number of anilines is 1. The highest BCUT2D eigenvalue weighted by molar-refractivity contribution is 9.10. The first-order valence-corrected chi connectivity index (χ1v) is 11.8. The molecule has 1 aromatic heterocycles. The van der Waals surface area contributed by atoms with Crippen molar-refractivity contribution in [2.24, 2.45) is 0 Å². The Kier molecular flexibility index (Phi) is 6.84. The number of benzene rings is 2. The van der Waals surface area contributed by atoms with Crippen LogP contribution in [0.1, 0.15) is 46.9 Å². The smallest absolute Gasteiger partial charge is 0.338 e. The van der Waals surface area contributed by atoms with Crippen molar-refractivity contribution in [1.29, 1.82) is 0 Å². The number of rotatable bonds is 5. The van der Waals surface area contributed by atoms with E-state index in [0.717, 1.165) is 10.0 Å². The number of carbonyl (C=O) groups is 3. The SMILES string of the molecule is Cc1cc(/C(O)=C2/C(=O)C(=O)N(c3ccc(C(=O)OC(C)C)cc3)C2c2ccncc2)ccc1Br. The van der Waals surface area contributed by atoms with Gasteiger partial charge in [-0.05, 0) is 80.4 Å². The second-order valence-electron chi connectivity index (χ2n) is 8.41. The fourth-order valence-corrected chi connectivity index (χ4v) is 4.19. The molecule has 0 bridgehead atoms. The fraction of sp³-hybridized carbons (Fsp3) is 0.185. The molecular weight excluding hydrogens is 512 g/mol. The first kappa shape index (κ1) is 24.3. The zero-order chi connectivity index (χ0) is 25.3. The summed E-state index contributed by atoms with van der Waals surface area (Å²) in [7, 11) is 0. The highest BCUT2D eigenvalue weighted by Gasteiger charge is 2.47. The van der Waals surface area contributed by atoms with Gasteiger partial charge in [0.05, 0.1) is 23.3 Å². The molecular formula is C27H23BrN2O5. The van der Waals surface area contributed by atoms with Gasteiger partial charge in [-0.3, -0.25) is 19.5 Å². The van der Waals surface area contributed by atoms with E-state index in [-0.39, 0.29) is 17.4 Å². The molecule has 1 unspecified atom stereocenters. The van der Waals surface area contributed by atoms with E-state index in [1.165, 1.54) is 4.90 Å². The second kappa shape index (κ2) is 9.84. The van der Waals surface area contributed by atoms with Gasteiger partial charge >= 0.3 is 5.97 Å². The summed E-state index contributed by atoms with van der Waals surface area (Å²) in [4.78, 5) is 44.1. The average molecular weight is 535 g/mol. The molecule has 35 heavy (non-hydrogen) atoms. The van der Waals surface area contributed by atoms with E-state index in [9.17, 15) is 19.5 Å². The Morgan fingerprint density at radius 3 is 2.26 bits per heavy atom. The molecule has 8 heteroatoms. The molecule has 7 nitrogen and oxygen atoms in total. The number of hydrogen-bond acceptors (Lipinski definition) is 6. The lowest BCUT2D eigenvalue weighted by Gasteiger charge is -2.25. The highest BCUT2D eigenvalue weighted by Crippen LogP contribution is 2.42. The maximum absolute atomic E-state index is 13.2. The number of hydrogen-bond donors (Lipinski definition) is 1. The van der Waals surface area contributed by atoms with Crippen molar-refractivity contribution in [3.63, 3.8) is 0 Å². The van der Waals surface area contributed by atoms with Crippen LogP contribution in [0.5, 0.6) is 0 Å². The summed E-state index contributed by atoms with van der Waals surface area (Å²) in [5.74, 6) is -2.32. The molecule has 0 radical (unpaired) electrons. The number of aliphatic hydroxyl groups is 1. The maximum Gasteiger partial charge on any atom is 0.338 e. The first-order valence-electron chi connectivity index (χ1n) is 11.0. The monoisotopic (exact) mass is 534 g/mol. The summed E-state index contributed by atoms with van der Waals surface area (Å²) in [5, 5.41) is 11.2. The van der Waals surface area contributed by atoms with Gasteiger partial charge in [-0.1, -0.05) is 22.0 Å². The summed E-state index contributed by atoms with van der Waals surface area (Å²) >= 11 is 3.43. The van der Waals surface area contributed by atoms with Gasteiger partial charge in [-0.2, -0.15) is 0 Å². The predicted molar refractivity (Wildman–Crippen MR) is 135 cm³/mol. The third-order valence-corrected chi connectivity index (χ3v) is 6.51. The maximum atomic E-state index is 13.2. The number of amides is 1. The van der Waals surface area contributed by atoms with E-state index in [1.54, 1.807) is 80.8 Å². The van der Waals surface area contributed by atoms with E-state index >= 15 is 0 Å². The van der Waals surface area contributed by atoms with Gasteiger partial charge in [0.25, 0.3) is 11.7 Å². The molecule has 1 saturated heterocycles. The van der Waals surface area contributed by atoms with Crippen LogP contribution in [-0.4, -0.2) is 33.9 Å². The minimum Gasteiger partial charge on any atom is -0.507 e. The summed E-state index contributed by atoms with van der Waals surface area (Å²) < 4.78 is 6.08. The standard InChI is InChI=1S/C27H23BrN2O5/c1-15(2)35-27(34)18-4-7-20(8-5-18)30-23(17-10-12-29-13-11-17)22(25(32)26(30)33)24(31)19-6-9-21(28)16(3)14-19/h4-15,23,31H,1-3H3/b24-22-. The average Bonchev–Trinajstić information content (AvgIpc) is 3.11. The second-order valence-corrected chi connectivity index (χ2v) is 9.27. The number of carbonyl (C=O) groups excluding carboxylic acids is 3. The van der Waals surface area contributed by atoms with Gasteiger partial charge in [0.2, 0.25) is 0 Å². The van der Waals surface area contributed by atoms with Crippen LogP contribution >= 0.6 is 15.9 Å². The number of nitrogens with zero attached hydrogens (tertiary/aromatic N) is 2. The molecule has 1 fully saturated rings. The minimum absolute atomic E-state index is 0.0220. The molecule has 0 spiro atoms. The van der Waals surface area contributed by atoms with Crippen molar-refractivity contribution in [3.8, 4) is 0 Å².